The number of allylic oxidation sites excluding steroid dienone is 2. The number of epoxide rings is 1. The van der Waals surface area contributed by atoms with Gasteiger partial charge in [-0.05, 0) is 152 Å². The minimum Gasteiger partial charge on any atom is -0.465 e. The third-order valence-corrected chi connectivity index (χ3v) is 16.1. The Morgan fingerprint density at radius 2 is 0.921 bits per heavy atom. The molecule has 0 radical (unpaired) electrons. The van der Waals surface area contributed by atoms with Gasteiger partial charge in [-0.15, -0.1) is 0 Å². The fourth-order valence-corrected chi connectivity index (χ4v) is 12.0. The van der Waals surface area contributed by atoms with E-state index in [-0.39, 0.29) is 20.9 Å². The highest BCUT2D eigenvalue weighted by Crippen LogP contribution is 2.58. The summed E-state index contributed by atoms with van der Waals surface area (Å²) < 4.78 is 11.2. The molecule has 5 saturated carbocycles. The predicted octanol–water partition coefficient (Wildman–Crippen LogP) is 23.0. The number of carbonyl (C=O) groups is 1. The summed E-state index contributed by atoms with van der Waals surface area (Å²) >= 11 is 0. The first-order valence-corrected chi connectivity index (χ1v) is 33.8. The van der Waals surface area contributed by atoms with Crippen molar-refractivity contribution in [2.45, 2.75) is 367 Å². The number of fused-ring (bicyclic) bond motifs is 6. The van der Waals surface area contributed by atoms with Gasteiger partial charge >= 0.3 is 12.1 Å². The second kappa shape index (κ2) is 58.2. The van der Waals surface area contributed by atoms with Crippen LogP contribution >= 0.6 is 0 Å². The second-order valence-electron chi connectivity index (χ2n) is 24.3. The van der Waals surface area contributed by atoms with Crippen LogP contribution in [0.2, 0.25) is 0 Å². The molecule has 0 aromatic carbocycles. The summed E-state index contributed by atoms with van der Waals surface area (Å²) in [5, 5.41) is 8.52. The molecule has 0 aromatic rings. The highest BCUT2D eigenvalue weighted by Gasteiger charge is 2.49. The van der Waals surface area contributed by atoms with Gasteiger partial charge in [0, 0.05) is 2.85 Å². The van der Waals surface area contributed by atoms with Gasteiger partial charge < -0.3 is 14.6 Å². The van der Waals surface area contributed by atoms with Crippen LogP contribution < -0.4 is 0 Å². The molecule has 1 heterocycles. The third-order valence-electron chi connectivity index (χ3n) is 16.1. The Balaban J connectivity index is -0.000000197. The molecule has 2 bridgehead atoms. The fourth-order valence-electron chi connectivity index (χ4n) is 12.0. The lowest BCUT2D eigenvalue weighted by atomic mass is 9.75. The van der Waals surface area contributed by atoms with Crippen molar-refractivity contribution in [3.05, 3.63) is 12.2 Å². The molecule has 5 aliphatic carbocycles. The molecule has 76 heavy (non-hydrogen) atoms. The van der Waals surface area contributed by atoms with Crippen LogP contribution in [0.1, 0.15) is 352 Å². The Morgan fingerprint density at radius 1 is 0.553 bits per heavy atom. The molecular formula is C70H144O6. The topological polar surface area (TPSA) is 93.2 Å². The van der Waals surface area contributed by atoms with Crippen LogP contribution in [-0.4, -0.2) is 41.6 Å². The Morgan fingerprint density at radius 3 is 1.24 bits per heavy atom. The first kappa shape index (κ1) is 81.0. The average Bonchev–Trinajstić information content (AvgIpc) is 3.68. The molecule has 9 unspecified atom stereocenters. The van der Waals surface area contributed by atoms with Gasteiger partial charge in [-0.25, -0.2) is 0 Å². The zero-order chi connectivity index (χ0) is 58.4. The summed E-state index contributed by atoms with van der Waals surface area (Å²) in [5.41, 5.74) is -0.500. The molecular weight excluding hydrogens is 937 g/mol. The normalized spacial score (nSPS) is 25.1. The maximum absolute atomic E-state index is 12.1. The average molecular weight is 1080 g/mol. The number of rotatable bonds is 23. The Labute approximate surface area is 481 Å². The summed E-state index contributed by atoms with van der Waals surface area (Å²) in [6, 6.07) is 0. The van der Waals surface area contributed by atoms with Crippen molar-refractivity contribution in [2.75, 3.05) is 6.61 Å². The lowest BCUT2D eigenvalue weighted by Crippen LogP contribution is -2.24. The molecule has 0 amide bonds. The molecule has 6 aliphatic rings. The molecule has 1 N–H and O–H groups in total. The maximum Gasteiger partial charge on any atom is 0.373 e. The zero-order valence-electron chi connectivity index (χ0n) is 54.9. The number of carbonyl (C=O) groups excluding carboxylic acids is 3. The van der Waals surface area contributed by atoms with Crippen LogP contribution in [0.15, 0.2) is 12.2 Å². The minimum atomic E-state index is -0.500. The predicted molar refractivity (Wildman–Crippen MR) is 338 cm³/mol. The number of ether oxygens (including phenoxy) is 2. The van der Waals surface area contributed by atoms with Crippen molar-refractivity contribution in [3.63, 3.8) is 0 Å². The lowest BCUT2D eigenvalue weighted by Gasteiger charge is -2.28. The van der Waals surface area contributed by atoms with Crippen LogP contribution in [0.3, 0.4) is 0 Å². The van der Waals surface area contributed by atoms with Crippen LogP contribution in [-0.2, 0) is 23.9 Å². The standard InChI is InChI=1S/C18H34O2.C12H22O.C10H16.C8H16.3C5H12.C4H10O.C2H6.CO2.2H2/c1-4-7-9-17(6-3)18(19)20-14-16-12-10-15(8-5-2)11-13-16;1-3-5-9-7-11-12(13-11)8-10(9)6-4-2;1-2-9-7-4-5-8(6-7)10(9)3-1;1-3-5-7-8-6-4-2;3*1-3-5-4-2;1-4(2,3)5;1-2;2-1-3;;/h15-17H,4-14H2,1-3H3;9-12H,3-8H2,1-2H3;7-10H,1-6H2;7-8H,3-6H2,1-2H3;3*3-5H2,1-2H3;5H,1-3H3;1-2H3;;2*1H/b;;;8-7-;;;;;;;;. The number of hydrogen-bond acceptors (Lipinski definition) is 6. The number of unbranched alkanes of at least 4 members (excludes halogenated alkanes) is 9. The van der Waals surface area contributed by atoms with E-state index in [9.17, 15) is 4.79 Å². The highest BCUT2D eigenvalue weighted by molar-refractivity contribution is 5.72. The Hall–Kier alpha value is -1.49. The third kappa shape index (κ3) is 47.3. The van der Waals surface area contributed by atoms with Crippen LogP contribution in [0.5, 0.6) is 0 Å². The van der Waals surface area contributed by atoms with Crippen LogP contribution in [0.25, 0.3) is 0 Å². The van der Waals surface area contributed by atoms with Crippen LogP contribution in [0.4, 0.5) is 0 Å². The van der Waals surface area contributed by atoms with Gasteiger partial charge in [0.1, 0.15) is 0 Å². The van der Waals surface area contributed by atoms with E-state index < -0.39 is 5.60 Å². The number of aliphatic hydroxyl groups is 1. The Bertz CT molecular complexity index is 1170. The highest BCUT2D eigenvalue weighted by atomic mass is 16.6. The first-order valence-electron chi connectivity index (χ1n) is 33.8. The van der Waals surface area contributed by atoms with E-state index in [1.807, 2.05) is 13.8 Å². The summed E-state index contributed by atoms with van der Waals surface area (Å²) in [6.07, 6.45) is 53.3. The molecule has 6 heteroatoms. The quantitative estimate of drug-likeness (QED) is 0.0622. The molecule has 0 aromatic heterocycles. The molecule has 6 nitrogen and oxygen atoms in total. The monoisotopic (exact) mass is 1080 g/mol. The van der Waals surface area contributed by atoms with Crippen molar-refractivity contribution < 1.29 is 31.8 Å². The number of esters is 1. The maximum atomic E-state index is 12.1. The van der Waals surface area contributed by atoms with E-state index in [2.05, 4.69) is 102 Å². The summed E-state index contributed by atoms with van der Waals surface area (Å²) in [7, 11) is 0. The smallest absolute Gasteiger partial charge is 0.373 e. The van der Waals surface area contributed by atoms with E-state index in [0.29, 0.717) is 24.7 Å². The zero-order valence-corrected chi connectivity index (χ0v) is 54.9. The van der Waals surface area contributed by atoms with Gasteiger partial charge in [0.25, 0.3) is 0 Å². The lowest BCUT2D eigenvalue weighted by molar-refractivity contribution is -0.191. The van der Waals surface area contributed by atoms with Crippen molar-refractivity contribution in [1.82, 2.24) is 0 Å². The molecule has 0 spiro atoms. The minimum absolute atomic E-state index is 0. The van der Waals surface area contributed by atoms with Crippen LogP contribution in [0, 0.1) is 53.3 Å². The van der Waals surface area contributed by atoms with Gasteiger partial charge in [0.05, 0.1) is 30.3 Å². The van der Waals surface area contributed by atoms with Gasteiger partial charge in [0.2, 0.25) is 0 Å². The largest absolute Gasteiger partial charge is 0.465 e. The van der Waals surface area contributed by atoms with Crippen molar-refractivity contribution in [2.24, 2.45) is 53.3 Å². The number of hydrogen-bond donors (Lipinski definition) is 1. The Kier molecular flexibility index (Phi) is 62.0. The van der Waals surface area contributed by atoms with E-state index in [1.165, 1.54) is 184 Å². The molecule has 9 atom stereocenters. The summed E-state index contributed by atoms with van der Waals surface area (Å²) in [5.74, 6) is 8.49. The van der Waals surface area contributed by atoms with E-state index in [4.69, 9.17) is 24.2 Å². The first-order chi connectivity index (χ1) is 36.6. The second-order valence-corrected chi connectivity index (χ2v) is 24.3. The molecule has 6 fully saturated rings. The van der Waals surface area contributed by atoms with Gasteiger partial charge in [0.15, 0.2) is 0 Å². The van der Waals surface area contributed by atoms with Crippen molar-refractivity contribution in [3.8, 4) is 0 Å². The molecule has 1 saturated heterocycles. The van der Waals surface area contributed by atoms with Crippen molar-refractivity contribution >= 4 is 12.1 Å². The SMILES string of the molecule is C1CC2C3CCC(C3)C2C1.CC.CC(C)(C)O.CCC/C=C\CCC.CCCC1CC2OC2CC1CCC.CCCCC.CCCCC.CCCCC.CCCCC(CC)C(=O)OCC1CCC(CCC)CC1.O=C=O.[HH].[HH]. The van der Waals surface area contributed by atoms with E-state index in [1.54, 1.807) is 59.3 Å². The summed E-state index contributed by atoms with van der Waals surface area (Å²) in [6.45, 7) is 38.7. The van der Waals surface area contributed by atoms with Crippen molar-refractivity contribution in [1.29, 1.82) is 0 Å². The summed E-state index contributed by atoms with van der Waals surface area (Å²) in [4.78, 5) is 28.3. The molecule has 1 aliphatic heterocycles. The van der Waals surface area contributed by atoms with E-state index in [0.717, 1.165) is 43.4 Å². The molecule has 460 valence electrons. The molecule has 6 rings (SSSR count). The van der Waals surface area contributed by atoms with Gasteiger partial charge in [-0.3, -0.25) is 4.79 Å². The van der Waals surface area contributed by atoms with Gasteiger partial charge in [-0.2, -0.15) is 9.59 Å². The van der Waals surface area contributed by atoms with Gasteiger partial charge in [-0.1, -0.05) is 257 Å². The fraction of sp³-hybridized carbons (Fsp3) is 0.943. The van der Waals surface area contributed by atoms with E-state index >= 15 is 0 Å².